The van der Waals surface area contributed by atoms with Crippen molar-refractivity contribution in [3.05, 3.63) is 28.8 Å². The van der Waals surface area contributed by atoms with E-state index in [9.17, 15) is 30.8 Å². The van der Waals surface area contributed by atoms with Crippen molar-refractivity contribution in [1.29, 1.82) is 0 Å². The van der Waals surface area contributed by atoms with Gasteiger partial charge in [-0.1, -0.05) is 0 Å². The largest absolute Gasteiger partial charge is 0.274 e. The molecule has 0 fully saturated rings. The topological polar surface area (TPSA) is 63.2 Å². The van der Waals surface area contributed by atoms with E-state index < -0.39 is 49.7 Å². The molecule has 0 saturated carbocycles. The van der Waals surface area contributed by atoms with E-state index in [4.69, 9.17) is 0 Å². The van der Waals surface area contributed by atoms with E-state index in [-0.39, 0.29) is 0 Å². The first-order valence-electron chi connectivity index (χ1n) is 4.45. The highest BCUT2D eigenvalue weighted by Gasteiger charge is 2.32. The Balaban J connectivity index is 3.67. The first-order valence-corrected chi connectivity index (χ1v) is 5.93. The molecule has 0 aliphatic carbocycles. The van der Waals surface area contributed by atoms with Gasteiger partial charge in [-0.3, -0.25) is 4.79 Å². The van der Waals surface area contributed by atoms with Crippen LogP contribution in [-0.4, -0.2) is 14.3 Å². The number of carbonyl (C=O) groups is 1. The molecule has 0 aliphatic rings. The van der Waals surface area contributed by atoms with Crippen molar-refractivity contribution < 1.29 is 30.8 Å². The van der Waals surface area contributed by atoms with E-state index in [2.05, 4.69) is 0 Å². The number of amides is 1. The number of nitrogens with one attached hydrogen (secondary N) is 1. The minimum atomic E-state index is -5.01. The van der Waals surface area contributed by atoms with Crippen LogP contribution in [0.5, 0.6) is 0 Å². The van der Waals surface area contributed by atoms with Crippen LogP contribution < -0.4 is 4.72 Å². The highest BCUT2D eigenvalue weighted by Crippen LogP contribution is 2.26. The second kappa shape index (κ2) is 4.56. The number of benzene rings is 1. The third-order valence-corrected chi connectivity index (χ3v) is 3.44. The Morgan fingerprint density at radius 3 is 1.72 bits per heavy atom. The zero-order valence-electron chi connectivity index (χ0n) is 9.14. The average molecular weight is 285 g/mol. The molecule has 1 amide bonds. The fourth-order valence-electron chi connectivity index (χ4n) is 1.20. The number of rotatable bonds is 2. The van der Waals surface area contributed by atoms with Crippen molar-refractivity contribution >= 4 is 15.9 Å². The Kier molecular flexibility index (Phi) is 3.65. The van der Waals surface area contributed by atoms with Gasteiger partial charge in [-0.05, 0) is 6.92 Å². The lowest BCUT2D eigenvalue weighted by Gasteiger charge is -2.10. The molecular formula is C9H7F4NO3S. The molecule has 4 nitrogen and oxygen atoms in total. The molecule has 0 unspecified atom stereocenters. The Hall–Kier alpha value is -1.64. The first-order chi connectivity index (χ1) is 8.09. The van der Waals surface area contributed by atoms with Crippen LogP contribution in [0.1, 0.15) is 12.5 Å². The molecule has 100 valence electrons. The number of halogens is 4. The van der Waals surface area contributed by atoms with Gasteiger partial charge in [0.25, 0.3) is 10.0 Å². The van der Waals surface area contributed by atoms with Crippen LogP contribution in [0.2, 0.25) is 0 Å². The minimum Gasteiger partial charge on any atom is -0.274 e. The van der Waals surface area contributed by atoms with Gasteiger partial charge in [0.15, 0.2) is 28.2 Å². The van der Waals surface area contributed by atoms with Gasteiger partial charge in [-0.25, -0.2) is 30.7 Å². The van der Waals surface area contributed by atoms with Crippen LogP contribution in [0.4, 0.5) is 17.6 Å². The van der Waals surface area contributed by atoms with E-state index in [1.54, 1.807) is 0 Å². The normalized spacial score (nSPS) is 11.4. The van der Waals surface area contributed by atoms with Crippen LogP contribution >= 0.6 is 0 Å². The predicted octanol–water partition coefficient (Wildman–Crippen LogP) is 1.38. The van der Waals surface area contributed by atoms with Crippen LogP contribution in [-0.2, 0) is 14.8 Å². The van der Waals surface area contributed by atoms with Gasteiger partial charge in [0.1, 0.15) is 0 Å². The van der Waals surface area contributed by atoms with Crippen molar-refractivity contribution in [2.75, 3.05) is 0 Å². The average Bonchev–Trinajstić information content (AvgIpc) is 2.21. The number of sulfonamides is 1. The second-order valence-corrected chi connectivity index (χ2v) is 4.99. The van der Waals surface area contributed by atoms with Gasteiger partial charge < -0.3 is 0 Å². The Bertz CT molecular complexity index is 598. The van der Waals surface area contributed by atoms with Crippen molar-refractivity contribution in [2.45, 2.75) is 18.7 Å². The summed E-state index contributed by atoms with van der Waals surface area (Å²) in [4.78, 5) is 8.71. The number of hydrogen-bond donors (Lipinski definition) is 1. The second-order valence-electron chi connectivity index (χ2n) is 3.37. The molecule has 0 heterocycles. The lowest BCUT2D eigenvalue weighted by Crippen LogP contribution is -2.30. The van der Waals surface area contributed by atoms with Gasteiger partial charge in [0.05, 0.1) is 0 Å². The summed E-state index contributed by atoms with van der Waals surface area (Å²) in [5, 5.41) is 0. The van der Waals surface area contributed by atoms with Crippen molar-refractivity contribution in [2.24, 2.45) is 0 Å². The maximum absolute atomic E-state index is 13.3. The third kappa shape index (κ3) is 2.30. The summed E-state index contributed by atoms with van der Waals surface area (Å²) >= 11 is 0. The Labute approximate surface area is 99.7 Å². The SMILES string of the molecule is CC(=O)NS(=O)(=O)c1c(F)c(F)c(C)c(F)c1F. The molecule has 1 N–H and O–H groups in total. The molecule has 18 heavy (non-hydrogen) atoms. The summed E-state index contributed by atoms with van der Waals surface area (Å²) in [5.41, 5.74) is -0.994. The summed E-state index contributed by atoms with van der Waals surface area (Å²) in [6.07, 6.45) is 0. The lowest BCUT2D eigenvalue weighted by atomic mass is 10.2. The Morgan fingerprint density at radius 2 is 1.39 bits per heavy atom. The molecule has 1 aromatic carbocycles. The van der Waals surface area contributed by atoms with Crippen molar-refractivity contribution in [1.82, 2.24) is 4.72 Å². The smallest absolute Gasteiger partial charge is 0.270 e. The summed E-state index contributed by atoms with van der Waals surface area (Å²) in [7, 11) is -5.01. The van der Waals surface area contributed by atoms with Crippen LogP contribution in [0.3, 0.4) is 0 Å². The van der Waals surface area contributed by atoms with Gasteiger partial charge in [-0.2, -0.15) is 0 Å². The standard InChI is InChI=1S/C9H7F4NO3S/c1-3-5(10)7(12)9(8(13)6(3)11)18(16,17)14-4(2)15/h1-2H3,(H,14,15). The first kappa shape index (κ1) is 14.4. The lowest BCUT2D eigenvalue weighted by molar-refractivity contribution is -0.117. The van der Waals surface area contributed by atoms with Gasteiger partial charge in [0, 0.05) is 12.5 Å². The quantitative estimate of drug-likeness (QED) is 0.659. The fraction of sp³-hybridized carbons (Fsp3) is 0.222. The van der Waals surface area contributed by atoms with Crippen LogP contribution in [0, 0.1) is 30.2 Å². The van der Waals surface area contributed by atoms with E-state index in [0.29, 0.717) is 0 Å². The predicted molar refractivity (Wildman–Crippen MR) is 52.0 cm³/mol. The summed E-state index contributed by atoms with van der Waals surface area (Å²) in [6, 6.07) is 0. The highest BCUT2D eigenvalue weighted by atomic mass is 32.2. The molecule has 0 saturated heterocycles. The molecule has 1 aromatic rings. The molecule has 0 aliphatic heterocycles. The molecule has 0 bridgehead atoms. The van der Waals surface area contributed by atoms with Crippen LogP contribution in [0.25, 0.3) is 0 Å². The number of hydrogen-bond acceptors (Lipinski definition) is 3. The summed E-state index contributed by atoms with van der Waals surface area (Å²) in [5.74, 6) is -8.99. The van der Waals surface area contributed by atoms with Gasteiger partial charge in [-0.15, -0.1) is 0 Å². The zero-order chi connectivity index (χ0) is 14.2. The van der Waals surface area contributed by atoms with E-state index in [1.807, 2.05) is 0 Å². The van der Waals surface area contributed by atoms with E-state index in [0.717, 1.165) is 13.8 Å². The molecule has 9 heteroatoms. The van der Waals surface area contributed by atoms with Crippen molar-refractivity contribution in [3.8, 4) is 0 Å². The maximum atomic E-state index is 13.3. The summed E-state index contributed by atoms with van der Waals surface area (Å²) in [6.45, 7) is 1.50. The highest BCUT2D eigenvalue weighted by molar-refractivity contribution is 7.90. The van der Waals surface area contributed by atoms with E-state index in [1.165, 1.54) is 4.72 Å². The molecular weight excluding hydrogens is 278 g/mol. The summed E-state index contributed by atoms with van der Waals surface area (Å²) < 4.78 is 76.9. The molecule has 0 radical (unpaired) electrons. The molecule has 0 spiro atoms. The molecule has 0 atom stereocenters. The third-order valence-electron chi connectivity index (χ3n) is 1.99. The van der Waals surface area contributed by atoms with E-state index >= 15 is 0 Å². The van der Waals surface area contributed by atoms with Crippen LogP contribution in [0.15, 0.2) is 4.90 Å². The fourth-order valence-corrected chi connectivity index (χ4v) is 2.33. The van der Waals surface area contributed by atoms with Crippen molar-refractivity contribution in [3.63, 3.8) is 0 Å². The molecule has 1 rings (SSSR count). The Morgan fingerprint density at radius 1 is 1.00 bits per heavy atom. The minimum absolute atomic E-state index is 0.742. The number of carbonyl (C=O) groups excluding carboxylic acids is 1. The van der Waals surface area contributed by atoms with Gasteiger partial charge >= 0.3 is 0 Å². The maximum Gasteiger partial charge on any atom is 0.270 e. The monoisotopic (exact) mass is 285 g/mol. The molecule has 0 aromatic heterocycles. The zero-order valence-corrected chi connectivity index (χ0v) is 9.96. The van der Waals surface area contributed by atoms with Gasteiger partial charge in [0.2, 0.25) is 5.91 Å².